The van der Waals surface area contributed by atoms with E-state index in [0.29, 0.717) is 37.9 Å². The van der Waals surface area contributed by atoms with Crippen LogP contribution in [0.25, 0.3) is 0 Å². The van der Waals surface area contributed by atoms with Crippen LogP contribution in [0.5, 0.6) is 0 Å². The molecule has 100 valence electrons. The van der Waals surface area contributed by atoms with Crippen molar-refractivity contribution in [1.82, 2.24) is 10.3 Å². The van der Waals surface area contributed by atoms with Crippen LogP contribution < -0.4 is 11.1 Å². The minimum atomic E-state index is -0.188. The van der Waals surface area contributed by atoms with Crippen molar-refractivity contribution in [2.45, 2.75) is 20.4 Å². The average Bonchev–Trinajstić information content (AvgIpc) is 2.38. The summed E-state index contributed by atoms with van der Waals surface area (Å²) in [7, 11) is 0. The van der Waals surface area contributed by atoms with Crippen LogP contribution in [0.3, 0.4) is 0 Å². The molecule has 0 radical (unpaired) electrons. The highest BCUT2D eigenvalue weighted by atomic mass is 16.5. The third-order valence-corrected chi connectivity index (χ3v) is 2.28. The number of carbonyl (C=O) groups is 1. The molecule has 0 aromatic carbocycles. The minimum absolute atomic E-state index is 0.188. The van der Waals surface area contributed by atoms with E-state index in [0.717, 1.165) is 5.56 Å². The molecule has 1 amide bonds. The molecule has 0 saturated carbocycles. The quantitative estimate of drug-likeness (QED) is 0.707. The number of carbonyl (C=O) groups excluding carboxylic acids is 1. The molecule has 0 atom stereocenters. The maximum absolute atomic E-state index is 11.7. The molecule has 0 aliphatic rings. The summed E-state index contributed by atoms with van der Waals surface area (Å²) in [6, 6.07) is 3.48. The smallest absolute Gasteiger partial charge is 0.269 e. The zero-order valence-electron chi connectivity index (χ0n) is 11.0. The van der Waals surface area contributed by atoms with Gasteiger partial charge >= 0.3 is 0 Å². The van der Waals surface area contributed by atoms with Crippen molar-refractivity contribution in [3.8, 4) is 0 Å². The van der Waals surface area contributed by atoms with Crippen LogP contribution in [-0.2, 0) is 11.3 Å². The highest BCUT2D eigenvalue weighted by Crippen LogP contribution is 1.99. The second kappa shape index (κ2) is 7.79. The van der Waals surface area contributed by atoms with Crippen molar-refractivity contribution in [2.24, 2.45) is 11.7 Å². The van der Waals surface area contributed by atoms with Gasteiger partial charge in [-0.2, -0.15) is 0 Å². The van der Waals surface area contributed by atoms with Crippen molar-refractivity contribution >= 4 is 5.91 Å². The fourth-order valence-electron chi connectivity index (χ4n) is 1.33. The SMILES string of the molecule is CC(C)COCCNC(=O)c1ccc(CN)cn1. The van der Waals surface area contributed by atoms with Gasteiger partial charge in [0.2, 0.25) is 0 Å². The van der Waals surface area contributed by atoms with E-state index in [1.165, 1.54) is 0 Å². The first-order valence-corrected chi connectivity index (χ1v) is 6.14. The Balaban J connectivity index is 2.27. The maximum atomic E-state index is 11.7. The molecule has 0 aliphatic carbocycles. The molecular weight excluding hydrogens is 230 g/mol. The van der Waals surface area contributed by atoms with Gasteiger partial charge in [-0.25, -0.2) is 0 Å². The van der Waals surface area contributed by atoms with Crippen LogP contribution in [0.2, 0.25) is 0 Å². The van der Waals surface area contributed by atoms with Crippen LogP contribution in [0.1, 0.15) is 29.9 Å². The Kier molecular flexibility index (Phi) is 6.32. The Morgan fingerprint density at radius 3 is 2.83 bits per heavy atom. The minimum Gasteiger partial charge on any atom is -0.379 e. The number of amides is 1. The fraction of sp³-hybridized carbons (Fsp3) is 0.538. The topological polar surface area (TPSA) is 77.2 Å². The average molecular weight is 251 g/mol. The highest BCUT2D eigenvalue weighted by molar-refractivity contribution is 5.92. The second-order valence-corrected chi connectivity index (χ2v) is 4.48. The van der Waals surface area contributed by atoms with Crippen LogP contribution >= 0.6 is 0 Å². The molecule has 18 heavy (non-hydrogen) atoms. The third-order valence-electron chi connectivity index (χ3n) is 2.28. The van der Waals surface area contributed by atoms with Gasteiger partial charge in [-0.1, -0.05) is 19.9 Å². The summed E-state index contributed by atoms with van der Waals surface area (Å²) in [4.78, 5) is 15.7. The Bertz CT molecular complexity index is 363. The third kappa shape index (κ3) is 5.25. The Hall–Kier alpha value is -1.46. The maximum Gasteiger partial charge on any atom is 0.269 e. The van der Waals surface area contributed by atoms with Crippen molar-refractivity contribution in [3.05, 3.63) is 29.6 Å². The van der Waals surface area contributed by atoms with Crippen LogP contribution in [-0.4, -0.2) is 30.6 Å². The molecule has 5 heteroatoms. The van der Waals surface area contributed by atoms with Crippen molar-refractivity contribution < 1.29 is 9.53 Å². The van der Waals surface area contributed by atoms with E-state index in [1.54, 1.807) is 18.3 Å². The summed E-state index contributed by atoms with van der Waals surface area (Å²) in [5, 5.41) is 2.75. The molecule has 0 spiro atoms. The van der Waals surface area contributed by atoms with E-state index in [4.69, 9.17) is 10.5 Å². The first-order chi connectivity index (χ1) is 8.63. The molecule has 0 fully saturated rings. The predicted octanol–water partition coefficient (Wildman–Crippen LogP) is 0.943. The molecule has 1 heterocycles. The van der Waals surface area contributed by atoms with Gasteiger partial charge in [0.05, 0.1) is 6.61 Å². The number of aromatic nitrogens is 1. The van der Waals surface area contributed by atoms with Gasteiger partial charge in [-0.05, 0) is 17.5 Å². The molecule has 1 aromatic heterocycles. The van der Waals surface area contributed by atoms with Gasteiger partial charge in [0.15, 0.2) is 0 Å². The fourth-order valence-corrected chi connectivity index (χ4v) is 1.33. The molecule has 0 saturated heterocycles. The zero-order valence-corrected chi connectivity index (χ0v) is 11.0. The van der Waals surface area contributed by atoms with Crippen LogP contribution in [0, 0.1) is 5.92 Å². The summed E-state index contributed by atoms with van der Waals surface area (Å²) in [5.41, 5.74) is 6.77. The lowest BCUT2D eigenvalue weighted by molar-refractivity contribution is 0.0882. The van der Waals surface area contributed by atoms with E-state index in [2.05, 4.69) is 24.1 Å². The standard InChI is InChI=1S/C13H21N3O2/c1-10(2)9-18-6-5-15-13(17)12-4-3-11(7-14)8-16-12/h3-4,8,10H,5-7,9,14H2,1-2H3,(H,15,17). The molecule has 1 aromatic rings. The summed E-state index contributed by atoms with van der Waals surface area (Å²) in [6.45, 7) is 6.32. The second-order valence-electron chi connectivity index (χ2n) is 4.48. The number of hydrogen-bond donors (Lipinski definition) is 2. The largest absolute Gasteiger partial charge is 0.379 e. The molecule has 3 N–H and O–H groups in total. The summed E-state index contributed by atoms with van der Waals surface area (Å²) >= 11 is 0. The summed E-state index contributed by atoms with van der Waals surface area (Å²) in [5.74, 6) is 0.317. The molecular formula is C13H21N3O2. The molecule has 1 rings (SSSR count). The molecule has 0 unspecified atom stereocenters. The van der Waals surface area contributed by atoms with Gasteiger partial charge in [0, 0.05) is 25.9 Å². The van der Waals surface area contributed by atoms with Crippen LogP contribution in [0.4, 0.5) is 0 Å². The number of nitrogens with one attached hydrogen (secondary N) is 1. The van der Waals surface area contributed by atoms with Crippen molar-refractivity contribution in [3.63, 3.8) is 0 Å². The number of rotatable bonds is 7. The van der Waals surface area contributed by atoms with Gasteiger partial charge in [0.1, 0.15) is 5.69 Å². The Morgan fingerprint density at radius 2 is 2.28 bits per heavy atom. The number of nitrogens with two attached hydrogens (primary N) is 1. The lowest BCUT2D eigenvalue weighted by Crippen LogP contribution is -2.28. The lowest BCUT2D eigenvalue weighted by Gasteiger charge is -2.08. The summed E-state index contributed by atoms with van der Waals surface area (Å²) in [6.07, 6.45) is 1.62. The Labute approximate surface area is 108 Å². The van der Waals surface area contributed by atoms with Gasteiger partial charge in [0.25, 0.3) is 5.91 Å². The predicted molar refractivity (Wildman–Crippen MR) is 70.1 cm³/mol. The Morgan fingerprint density at radius 1 is 1.50 bits per heavy atom. The van der Waals surface area contributed by atoms with E-state index in [9.17, 15) is 4.79 Å². The first-order valence-electron chi connectivity index (χ1n) is 6.14. The monoisotopic (exact) mass is 251 g/mol. The highest BCUT2D eigenvalue weighted by Gasteiger charge is 2.05. The van der Waals surface area contributed by atoms with Crippen LogP contribution in [0.15, 0.2) is 18.3 Å². The lowest BCUT2D eigenvalue weighted by atomic mass is 10.2. The molecule has 5 nitrogen and oxygen atoms in total. The first kappa shape index (κ1) is 14.6. The van der Waals surface area contributed by atoms with Gasteiger partial charge < -0.3 is 15.8 Å². The zero-order chi connectivity index (χ0) is 13.4. The normalized spacial score (nSPS) is 10.7. The van der Waals surface area contributed by atoms with Crippen molar-refractivity contribution in [2.75, 3.05) is 19.8 Å². The molecule has 0 aliphatic heterocycles. The number of ether oxygens (including phenoxy) is 1. The van der Waals surface area contributed by atoms with E-state index in [-0.39, 0.29) is 5.91 Å². The van der Waals surface area contributed by atoms with Crippen molar-refractivity contribution in [1.29, 1.82) is 0 Å². The van der Waals surface area contributed by atoms with Gasteiger partial charge in [-0.3, -0.25) is 9.78 Å². The number of pyridine rings is 1. The number of hydrogen-bond acceptors (Lipinski definition) is 4. The van der Waals surface area contributed by atoms with Gasteiger partial charge in [-0.15, -0.1) is 0 Å². The van der Waals surface area contributed by atoms with E-state index in [1.807, 2.05) is 0 Å². The molecule has 0 bridgehead atoms. The van der Waals surface area contributed by atoms with E-state index >= 15 is 0 Å². The number of nitrogens with zero attached hydrogens (tertiary/aromatic N) is 1. The summed E-state index contributed by atoms with van der Waals surface area (Å²) < 4.78 is 5.37. The van der Waals surface area contributed by atoms with E-state index < -0.39 is 0 Å².